The Bertz CT molecular complexity index is 1460. The number of halogens is 1. The third kappa shape index (κ3) is 9.25. The maximum Gasteiger partial charge on any atom is 0.231 e. The maximum absolute atomic E-state index is 11.2. The molecular weight excluding hydrogens is 612 g/mol. The van der Waals surface area contributed by atoms with Crippen LogP contribution in [0.5, 0.6) is 11.5 Å². The first kappa shape index (κ1) is 34.9. The molecule has 4 rings (SSSR count). The molecule has 0 aliphatic rings. The van der Waals surface area contributed by atoms with Gasteiger partial charge in [-0.2, -0.15) is 9.97 Å². The molecule has 0 atom stereocenters. The first-order chi connectivity index (χ1) is 18.3. The number of nitrogens with zero attached hydrogens (tertiary/aromatic N) is 4. The molecule has 11 nitrogen and oxygen atoms in total. The Morgan fingerprint density at radius 1 is 0.800 bits per heavy atom. The first-order valence-electron chi connectivity index (χ1n) is 11.9. The molecule has 0 aliphatic carbocycles. The van der Waals surface area contributed by atoms with E-state index in [1.165, 1.54) is 13.8 Å². The van der Waals surface area contributed by atoms with E-state index in [1.807, 2.05) is 18.2 Å². The molecule has 2 radical (unpaired) electrons. The van der Waals surface area contributed by atoms with Gasteiger partial charge in [0.1, 0.15) is 22.5 Å². The number of aromatic nitrogens is 4. The third-order valence-corrected chi connectivity index (χ3v) is 5.44. The van der Waals surface area contributed by atoms with E-state index in [4.69, 9.17) is 21.1 Å². The smallest absolute Gasteiger partial charge is 0.231 e. The Labute approximate surface area is 261 Å². The van der Waals surface area contributed by atoms with Crippen molar-refractivity contribution in [3.63, 3.8) is 0 Å². The van der Waals surface area contributed by atoms with Gasteiger partial charge in [0.25, 0.3) is 0 Å². The molecule has 2 amide bonds. The molecule has 2 aromatic carbocycles. The molecule has 40 heavy (non-hydrogen) atoms. The van der Waals surface area contributed by atoms with Crippen LogP contribution in [0.1, 0.15) is 33.6 Å². The van der Waals surface area contributed by atoms with Crippen LogP contribution in [-0.4, -0.2) is 52.5 Å². The van der Waals surface area contributed by atoms with Crippen LogP contribution in [0.2, 0.25) is 5.15 Å². The van der Waals surface area contributed by atoms with Gasteiger partial charge in [0.05, 0.1) is 36.0 Å². The van der Waals surface area contributed by atoms with Crippen LogP contribution >= 0.6 is 11.6 Å². The summed E-state index contributed by atoms with van der Waals surface area (Å²) >= 11 is 6.05. The van der Waals surface area contributed by atoms with Gasteiger partial charge < -0.3 is 14.8 Å². The molecule has 14 heteroatoms. The van der Waals surface area contributed by atoms with Gasteiger partial charge in [0.2, 0.25) is 23.7 Å². The summed E-state index contributed by atoms with van der Waals surface area (Å²) < 4.78 is 10.6. The normalized spacial score (nSPS) is 9.85. The summed E-state index contributed by atoms with van der Waals surface area (Å²) in [7, 11) is 3.17. The molecule has 0 spiro atoms. The van der Waals surface area contributed by atoms with Crippen molar-refractivity contribution in [2.24, 2.45) is 0 Å². The Morgan fingerprint density at radius 3 is 1.80 bits per heavy atom. The van der Waals surface area contributed by atoms with Gasteiger partial charge in [-0.15, -0.1) is 0 Å². The van der Waals surface area contributed by atoms with Gasteiger partial charge in [-0.1, -0.05) is 37.1 Å². The van der Waals surface area contributed by atoms with E-state index in [9.17, 15) is 9.59 Å². The molecule has 4 aromatic rings. The van der Waals surface area contributed by atoms with Crippen molar-refractivity contribution in [2.45, 2.75) is 33.6 Å². The number of hydrogen-bond donors (Lipinski definition) is 3. The zero-order valence-corrected chi connectivity index (χ0v) is 26.3. The largest absolute Gasteiger partial charge is 0.496 e. The molecule has 2 aromatic heterocycles. The average molecular weight is 642 g/mol. The Hall–Kier alpha value is -3.08. The van der Waals surface area contributed by atoms with E-state index in [0.29, 0.717) is 34.2 Å². The van der Waals surface area contributed by atoms with Crippen molar-refractivity contribution < 1.29 is 56.2 Å². The van der Waals surface area contributed by atoms with E-state index in [2.05, 4.69) is 42.8 Å². The van der Waals surface area contributed by atoms with Crippen LogP contribution in [0.25, 0.3) is 21.8 Å². The Kier molecular flexibility index (Phi) is 14.8. The Morgan fingerprint density at radius 2 is 1.30 bits per heavy atom. The summed E-state index contributed by atoms with van der Waals surface area (Å²) in [5.41, 5.74) is 1.35. The number of carbonyl (C=O) groups excluding carboxylic acids is 2. The summed E-state index contributed by atoms with van der Waals surface area (Å²) in [5, 5.41) is 10.1. The zero-order chi connectivity index (χ0) is 27.7. The second-order valence-corrected chi connectivity index (χ2v) is 8.44. The van der Waals surface area contributed by atoms with Gasteiger partial charge in [0, 0.05) is 57.5 Å². The predicted octanol–water partition coefficient (Wildman–Crippen LogP) is 5.05. The molecule has 2 heterocycles. The second kappa shape index (κ2) is 16.9. The summed E-state index contributed by atoms with van der Waals surface area (Å²) in [5.74, 6) is 2.02. The Balaban J connectivity index is 0.000000388. The first-order valence-corrected chi connectivity index (χ1v) is 12.3. The minimum absolute atomic E-state index is 0. The summed E-state index contributed by atoms with van der Waals surface area (Å²) in [6.45, 7) is 5.75. The zero-order valence-electron chi connectivity index (χ0n) is 22.8. The third-order valence-electron chi connectivity index (χ3n) is 5.16. The van der Waals surface area contributed by atoms with E-state index in [1.54, 1.807) is 32.4 Å². The van der Waals surface area contributed by atoms with Crippen LogP contribution in [0.15, 0.2) is 36.4 Å². The second-order valence-electron chi connectivity index (χ2n) is 8.09. The average Bonchev–Trinajstić information content (AvgIpc) is 2.87. The van der Waals surface area contributed by atoms with Gasteiger partial charge in [-0.3, -0.25) is 20.2 Å². The number of benzene rings is 2. The molecular formula is C26H30ClN7O4V2. The number of fused-ring (bicyclic) bond motifs is 2. The topological polar surface area (TPSA) is 140 Å². The fraction of sp³-hybridized carbons (Fsp3) is 0.308. The number of unbranched alkanes of at least 4 members (excludes halogenated alkanes) is 1. The number of nitrogens with one attached hydrogen (secondary N) is 3. The number of methoxy groups -OCH3 is 2. The molecule has 0 aliphatic heterocycles. The van der Waals surface area contributed by atoms with Crippen LogP contribution in [-0.2, 0) is 46.7 Å². The minimum Gasteiger partial charge on any atom is -0.496 e. The number of amides is 2. The van der Waals surface area contributed by atoms with E-state index in [0.717, 1.165) is 30.3 Å². The van der Waals surface area contributed by atoms with Crippen LogP contribution in [0.3, 0.4) is 0 Å². The predicted molar refractivity (Wildman–Crippen MR) is 149 cm³/mol. The standard InChI is InChI=1S/C15H20N4O2.C11H10ClN3O2.2V/c1-4-5-9-16-14-13-11(7-6-8-12(13)21-3)18-15(19-14)17-10(2)20;1-6(16)13-11-14-7-4-3-5-8(17-2)9(7)10(12)15-11;;/h6-8H,4-5,9H2,1-3H3,(H2,16,17,18,19,20);3-5H,1-2H3,(H,13,14,15,16);;. The van der Waals surface area contributed by atoms with Crippen molar-refractivity contribution in [3.05, 3.63) is 41.6 Å². The number of anilines is 3. The van der Waals surface area contributed by atoms with Crippen LogP contribution < -0.4 is 25.4 Å². The van der Waals surface area contributed by atoms with Gasteiger partial charge in [0.15, 0.2) is 0 Å². The summed E-state index contributed by atoms with van der Waals surface area (Å²) in [4.78, 5) is 39.0. The van der Waals surface area contributed by atoms with Gasteiger partial charge in [-0.25, -0.2) is 9.97 Å². The van der Waals surface area contributed by atoms with Crippen LogP contribution in [0.4, 0.5) is 17.7 Å². The molecule has 0 saturated carbocycles. The summed E-state index contributed by atoms with van der Waals surface area (Å²) in [6.07, 6.45) is 2.13. The number of ether oxygens (including phenoxy) is 2. The van der Waals surface area contributed by atoms with E-state index < -0.39 is 0 Å². The molecule has 210 valence electrons. The number of hydrogen-bond acceptors (Lipinski definition) is 9. The van der Waals surface area contributed by atoms with Crippen molar-refractivity contribution in [2.75, 3.05) is 36.7 Å². The SMILES string of the molecule is CCCCNc1nc(NC(C)=O)nc2cccc(OC)c12.COc1cccc2nc(NC(C)=O)nc(Cl)c12.[V].[V]. The van der Waals surface area contributed by atoms with Crippen LogP contribution in [0, 0.1) is 0 Å². The van der Waals surface area contributed by atoms with Crippen molar-refractivity contribution in [1.29, 1.82) is 0 Å². The number of rotatable bonds is 8. The minimum atomic E-state index is -0.247. The van der Waals surface area contributed by atoms with Crippen molar-refractivity contribution >= 4 is 62.9 Å². The summed E-state index contributed by atoms with van der Waals surface area (Å²) in [6, 6.07) is 10.9. The molecule has 0 saturated heterocycles. The number of carbonyl (C=O) groups is 2. The maximum atomic E-state index is 11.2. The van der Waals surface area contributed by atoms with E-state index >= 15 is 0 Å². The fourth-order valence-electron chi connectivity index (χ4n) is 3.54. The monoisotopic (exact) mass is 641 g/mol. The van der Waals surface area contributed by atoms with Gasteiger partial charge >= 0.3 is 0 Å². The molecule has 3 N–H and O–H groups in total. The fourth-order valence-corrected chi connectivity index (χ4v) is 3.81. The molecule has 0 bridgehead atoms. The van der Waals surface area contributed by atoms with Crippen molar-refractivity contribution in [1.82, 2.24) is 19.9 Å². The van der Waals surface area contributed by atoms with Crippen molar-refractivity contribution in [3.8, 4) is 11.5 Å². The van der Waals surface area contributed by atoms with E-state index in [-0.39, 0.29) is 60.0 Å². The molecule has 0 unspecified atom stereocenters. The molecule has 0 fully saturated rings. The van der Waals surface area contributed by atoms with Gasteiger partial charge in [-0.05, 0) is 30.7 Å². The quantitative estimate of drug-likeness (QED) is 0.178.